The number of hydrogen-bond acceptors (Lipinski definition) is 2. The van der Waals surface area contributed by atoms with Crippen LogP contribution in [0.25, 0.3) is 0 Å². The van der Waals surface area contributed by atoms with Crippen LogP contribution in [0.15, 0.2) is 36.4 Å². The van der Waals surface area contributed by atoms with E-state index < -0.39 is 6.10 Å². The van der Waals surface area contributed by atoms with Crippen LogP contribution in [0.5, 0.6) is 5.75 Å². The first-order valence-electron chi connectivity index (χ1n) is 7.49. The Hall–Kier alpha value is -2.29. The van der Waals surface area contributed by atoms with E-state index in [4.69, 9.17) is 4.74 Å². The fourth-order valence-corrected chi connectivity index (χ4v) is 2.31. The van der Waals surface area contributed by atoms with E-state index in [1.807, 2.05) is 64.1 Å². The molecule has 0 saturated heterocycles. The Balaban J connectivity index is 2.11. The molecule has 2 aromatic carbocycles. The molecule has 0 saturated carbocycles. The molecule has 0 fully saturated rings. The standard InChI is InChI=1S/C19H23NO2/c1-12-9-10-13(2)17(11-12)22-16(5)19(21)20-18-14(3)7-6-8-15(18)4/h6-11,16H,1-5H3,(H,20,21). The lowest BCUT2D eigenvalue weighted by Crippen LogP contribution is -2.30. The number of ether oxygens (including phenoxy) is 1. The Labute approximate surface area is 132 Å². The van der Waals surface area contributed by atoms with Crippen LogP contribution in [0.2, 0.25) is 0 Å². The Morgan fingerprint density at radius 3 is 2.27 bits per heavy atom. The molecule has 22 heavy (non-hydrogen) atoms. The molecule has 0 radical (unpaired) electrons. The first-order chi connectivity index (χ1) is 10.4. The van der Waals surface area contributed by atoms with Crippen LogP contribution in [0.1, 0.15) is 29.2 Å². The van der Waals surface area contributed by atoms with Crippen molar-refractivity contribution in [1.82, 2.24) is 0 Å². The zero-order valence-electron chi connectivity index (χ0n) is 13.9. The molecule has 2 aromatic rings. The number of carbonyl (C=O) groups is 1. The summed E-state index contributed by atoms with van der Waals surface area (Å²) in [7, 11) is 0. The maximum absolute atomic E-state index is 12.4. The highest BCUT2D eigenvalue weighted by Gasteiger charge is 2.17. The minimum Gasteiger partial charge on any atom is -0.481 e. The van der Waals surface area contributed by atoms with Crippen molar-refractivity contribution in [3.8, 4) is 5.75 Å². The van der Waals surface area contributed by atoms with E-state index in [2.05, 4.69) is 5.32 Å². The van der Waals surface area contributed by atoms with Crippen LogP contribution in [-0.2, 0) is 4.79 Å². The third kappa shape index (κ3) is 3.67. The summed E-state index contributed by atoms with van der Waals surface area (Å²) in [5, 5.41) is 2.97. The number of amides is 1. The minimum absolute atomic E-state index is 0.140. The van der Waals surface area contributed by atoms with Gasteiger partial charge in [0.25, 0.3) is 5.91 Å². The third-order valence-electron chi connectivity index (χ3n) is 3.75. The molecule has 116 valence electrons. The molecule has 0 bridgehead atoms. The monoisotopic (exact) mass is 297 g/mol. The van der Waals surface area contributed by atoms with Crippen molar-refractivity contribution in [2.45, 2.75) is 40.7 Å². The van der Waals surface area contributed by atoms with Crippen molar-refractivity contribution in [1.29, 1.82) is 0 Å². The fraction of sp³-hybridized carbons (Fsp3) is 0.316. The number of benzene rings is 2. The van der Waals surface area contributed by atoms with E-state index in [0.29, 0.717) is 0 Å². The summed E-state index contributed by atoms with van der Waals surface area (Å²) < 4.78 is 5.83. The number of nitrogens with one attached hydrogen (secondary N) is 1. The van der Waals surface area contributed by atoms with E-state index in [9.17, 15) is 4.79 Å². The van der Waals surface area contributed by atoms with Gasteiger partial charge >= 0.3 is 0 Å². The number of para-hydroxylation sites is 1. The van der Waals surface area contributed by atoms with Gasteiger partial charge < -0.3 is 10.1 Å². The second kappa shape index (κ2) is 6.65. The first kappa shape index (κ1) is 16.1. The summed E-state index contributed by atoms with van der Waals surface area (Å²) in [5.74, 6) is 0.613. The summed E-state index contributed by atoms with van der Waals surface area (Å²) in [4.78, 5) is 12.4. The fourth-order valence-electron chi connectivity index (χ4n) is 2.31. The second-order valence-corrected chi connectivity index (χ2v) is 5.79. The van der Waals surface area contributed by atoms with Crippen molar-refractivity contribution < 1.29 is 9.53 Å². The van der Waals surface area contributed by atoms with Gasteiger partial charge in [0, 0.05) is 5.69 Å². The van der Waals surface area contributed by atoms with Crippen LogP contribution in [-0.4, -0.2) is 12.0 Å². The molecule has 0 aliphatic rings. The molecule has 0 spiro atoms. The maximum Gasteiger partial charge on any atom is 0.265 e. The van der Waals surface area contributed by atoms with Crippen molar-refractivity contribution in [2.75, 3.05) is 5.32 Å². The van der Waals surface area contributed by atoms with Crippen LogP contribution in [0, 0.1) is 27.7 Å². The molecule has 3 nitrogen and oxygen atoms in total. The topological polar surface area (TPSA) is 38.3 Å². The maximum atomic E-state index is 12.4. The van der Waals surface area contributed by atoms with Gasteiger partial charge in [0.1, 0.15) is 5.75 Å². The highest BCUT2D eigenvalue weighted by atomic mass is 16.5. The van der Waals surface area contributed by atoms with Gasteiger partial charge in [-0.2, -0.15) is 0 Å². The van der Waals surface area contributed by atoms with E-state index in [1.165, 1.54) is 0 Å². The molecule has 3 heteroatoms. The molecule has 1 amide bonds. The quantitative estimate of drug-likeness (QED) is 0.912. The number of anilines is 1. The van der Waals surface area contributed by atoms with E-state index in [-0.39, 0.29) is 5.91 Å². The molecule has 0 aliphatic carbocycles. The molecular formula is C19H23NO2. The average molecular weight is 297 g/mol. The largest absolute Gasteiger partial charge is 0.481 e. The summed E-state index contributed by atoms with van der Waals surface area (Å²) in [6.07, 6.45) is -0.556. The lowest BCUT2D eigenvalue weighted by atomic mass is 10.1. The molecule has 1 unspecified atom stereocenters. The van der Waals surface area contributed by atoms with Gasteiger partial charge in [0.15, 0.2) is 6.10 Å². The Bertz CT molecular complexity index is 672. The highest BCUT2D eigenvalue weighted by molar-refractivity contribution is 5.95. The van der Waals surface area contributed by atoms with Crippen molar-refractivity contribution in [3.05, 3.63) is 58.7 Å². The highest BCUT2D eigenvalue weighted by Crippen LogP contribution is 2.22. The Morgan fingerprint density at radius 1 is 1.00 bits per heavy atom. The lowest BCUT2D eigenvalue weighted by Gasteiger charge is -2.18. The van der Waals surface area contributed by atoms with E-state index in [0.717, 1.165) is 33.7 Å². The molecule has 0 heterocycles. The molecular weight excluding hydrogens is 274 g/mol. The van der Waals surface area contributed by atoms with Gasteiger partial charge in [-0.15, -0.1) is 0 Å². The smallest absolute Gasteiger partial charge is 0.265 e. The third-order valence-corrected chi connectivity index (χ3v) is 3.75. The SMILES string of the molecule is Cc1ccc(C)c(OC(C)C(=O)Nc2c(C)cccc2C)c1. The number of hydrogen-bond donors (Lipinski definition) is 1. The average Bonchev–Trinajstić information content (AvgIpc) is 2.46. The summed E-state index contributed by atoms with van der Waals surface area (Å²) in [6.45, 7) is 9.72. The lowest BCUT2D eigenvalue weighted by molar-refractivity contribution is -0.122. The van der Waals surface area contributed by atoms with Crippen LogP contribution in [0.4, 0.5) is 5.69 Å². The Kier molecular flexibility index (Phi) is 4.86. The predicted octanol–water partition coefficient (Wildman–Crippen LogP) is 4.33. The first-order valence-corrected chi connectivity index (χ1v) is 7.49. The van der Waals surface area contributed by atoms with Crippen LogP contribution < -0.4 is 10.1 Å². The summed E-state index contributed by atoms with van der Waals surface area (Å²) >= 11 is 0. The molecule has 2 rings (SSSR count). The summed E-state index contributed by atoms with van der Waals surface area (Å²) in [6, 6.07) is 11.9. The number of rotatable bonds is 4. The van der Waals surface area contributed by atoms with E-state index >= 15 is 0 Å². The van der Waals surface area contributed by atoms with Gasteiger partial charge in [-0.25, -0.2) is 0 Å². The van der Waals surface area contributed by atoms with Crippen LogP contribution >= 0.6 is 0 Å². The van der Waals surface area contributed by atoms with Gasteiger partial charge in [-0.3, -0.25) is 4.79 Å². The van der Waals surface area contributed by atoms with Gasteiger partial charge in [0.05, 0.1) is 0 Å². The summed E-state index contributed by atoms with van der Waals surface area (Å²) in [5.41, 5.74) is 5.10. The van der Waals surface area contributed by atoms with Crippen molar-refractivity contribution >= 4 is 11.6 Å². The zero-order valence-corrected chi connectivity index (χ0v) is 13.9. The van der Waals surface area contributed by atoms with Gasteiger partial charge in [-0.1, -0.05) is 30.3 Å². The van der Waals surface area contributed by atoms with E-state index in [1.54, 1.807) is 6.92 Å². The molecule has 1 atom stereocenters. The Morgan fingerprint density at radius 2 is 1.64 bits per heavy atom. The normalized spacial score (nSPS) is 11.9. The molecule has 0 aromatic heterocycles. The predicted molar refractivity (Wildman–Crippen MR) is 90.6 cm³/mol. The van der Waals surface area contributed by atoms with Crippen molar-refractivity contribution in [3.63, 3.8) is 0 Å². The molecule has 0 aliphatic heterocycles. The number of carbonyl (C=O) groups excluding carboxylic acids is 1. The zero-order chi connectivity index (χ0) is 16.3. The second-order valence-electron chi connectivity index (χ2n) is 5.79. The minimum atomic E-state index is -0.556. The molecule has 1 N–H and O–H groups in total. The van der Waals surface area contributed by atoms with Crippen LogP contribution in [0.3, 0.4) is 0 Å². The van der Waals surface area contributed by atoms with Crippen molar-refractivity contribution in [2.24, 2.45) is 0 Å². The van der Waals surface area contributed by atoms with Gasteiger partial charge in [0.2, 0.25) is 0 Å². The number of aryl methyl sites for hydroxylation is 4. The van der Waals surface area contributed by atoms with Gasteiger partial charge in [-0.05, 0) is 62.9 Å².